The van der Waals surface area contributed by atoms with Crippen LogP contribution in [0.25, 0.3) is 0 Å². The van der Waals surface area contributed by atoms with Gasteiger partial charge < -0.3 is 5.32 Å². The number of rotatable bonds is 9. The van der Waals surface area contributed by atoms with Crippen LogP contribution in [0.2, 0.25) is 0 Å². The Morgan fingerprint density at radius 2 is 2.05 bits per heavy atom. The lowest BCUT2D eigenvalue weighted by atomic mass is 9.85. The van der Waals surface area contributed by atoms with E-state index in [9.17, 15) is 0 Å². The number of aromatic nitrogens is 3. The normalized spacial score (nSPS) is 18.0. The first-order valence-corrected chi connectivity index (χ1v) is 8.96. The Labute approximate surface area is 129 Å². The summed E-state index contributed by atoms with van der Waals surface area (Å²) >= 11 is 0. The third kappa shape index (κ3) is 5.10. The van der Waals surface area contributed by atoms with E-state index >= 15 is 0 Å². The predicted octanol–water partition coefficient (Wildman–Crippen LogP) is 4.09. The standard InChI is InChI=1S/C17H32N4/c1-3-12-18-16(11-10-15-8-6-5-7-9-15)17-14-19-20-21(17)13-4-2/h14-16,18H,3-13H2,1-2H3. The second kappa shape index (κ2) is 9.19. The van der Waals surface area contributed by atoms with E-state index in [4.69, 9.17) is 0 Å². The molecule has 1 aliphatic rings. The summed E-state index contributed by atoms with van der Waals surface area (Å²) in [5, 5.41) is 12.1. The average molecular weight is 292 g/mol. The molecule has 1 aromatic rings. The molecular formula is C17H32N4. The van der Waals surface area contributed by atoms with Gasteiger partial charge in [0.1, 0.15) is 0 Å². The van der Waals surface area contributed by atoms with Crippen molar-refractivity contribution in [3.8, 4) is 0 Å². The quantitative estimate of drug-likeness (QED) is 0.745. The minimum atomic E-state index is 0.424. The Bertz CT molecular complexity index is 382. The smallest absolute Gasteiger partial charge is 0.0756 e. The lowest BCUT2D eigenvalue weighted by Crippen LogP contribution is -2.26. The van der Waals surface area contributed by atoms with Gasteiger partial charge in [0.15, 0.2) is 0 Å². The van der Waals surface area contributed by atoms with Gasteiger partial charge in [-0.1, -0.05) is 51.2 Å². The highest BCUT2D eigenvalue weighted by Gasteiger charge is 2.20. The fraction of sp³-hybridized carbons (Fsp3) is 0.882. The molecule has 21 heavy (non-hydrogen) atoms. The van der Waals surface area contributed by atoms with Gasteiger partial charge in [-0.3, -0.25) is 0 Å². The topological polar surface area (TPSA) is 42.7 Å². The van der Waals surface area contributed by atoms with Gasteiger partial charge in [-0.05, 0) is 38.1 Å². The molecule has 1 aromatic heterocycles. The van der Waals surface area contributed by atoms with Crippen LogP contribution in [-0.4, -0.2) is 21.5 Å². The second-order valence-corrected chi connectivity index (χ2v) is 6.47. The van der Waals surface area contributed by atoms with Crippen molar-refractivity contribution in [3.63, 3.8) is 0 Å². The maximum absolute atomic E-state index is 4.26. The minimum Gasteiger partial charge on any atom is -0.309 e. The Hall–Kier alpha value is -0.900. The van der Waals surface area contributed by atoms with Gasteiger partial charge in [0.05, 0.1) is 17.9 Å². The zero-order valence-electron chi connectivity index (χ0n) is 13.9. The molecule has 0 spiro atoms. The minimum absolute atomic E-state index is 0.424. The maximum Gasteiger partial charge on any atom is 0.0756 e. The van der Waals surface area contributed by atoms with Gasteiger partial charge in [-0.2, -0.15) is 0 Å². The number of hydrogen-bond acceptors (Lipinski definition) is 3. The molecule has 0 amide bonds. The summed E-state index contributed by atoms with van der Waals surface area (Å²) in [5.41, 5.74) is 1.28. The molecule has 0 radical (unpaired) electrons. The van der Waals surface area contributed by atoms with E-state index in [2.05, 4.69) is 34.2 Å². The van der Waals surface area contributed by atoms with Crippen molar-refractivity contribution in [1.82, 2.24) is 20.3 Å². The zero-order valence-corrected chi connectivity index (χ0v) is 13.9. The van der Waals surface area contributed by atoms with E-state index in [0.29, 0.717) is 6.04 Å². The third-order valence-electron chi connectivity index (χ3n) is 4.67. The van der Waals surface area contributed by atoms with E-state index in [-0.39, 0.29) is 0 Å². The van der Waals surface area contributed by atoms with Crippen molar-refractivity contribution in [2.24, 2.45) is 5.92 Å². The molecule has 4 nitrogen and oxygen atoms in total. The number of hydrogen-bond donors (Lipinski definition) is 1. The molecule has 0 aliphatic heterocycles. The number of nitrogens with zero attached hydrogens (tertiary/aromatic N) is 3. The molecule has 4 heteroatoms. The van der Waals surface area contributed by atoms with Gasteiger partial charge in [0, 0.05) is 6.54 Å². The summed E-state index contributed by atoms with van der Waals surface area (Å²) in [6.07, 6.45) is 14.0. The van der Waals surface area contributed by atoms with E-state index in [0.717, 1.165) is 25.4 Å². The number of nitrogens with one attached hydrogen (secondary N) is 1. The van der Waals surface area contributed by atoms with Gasteiger partial charge in [0.2, 0.25) is 0 Å². The summed E-state index contributed by atoms with van der Waals surface area (Å²) in [6.45, 7) is 6.48. The molecule has 1 N–H and O–H groups in total. The molecule has 1 fully saturated rings. The Balaban J connectivity index is 1.94. The first-order valence-electron chi connectivity index (χ1n) is 8.96. The van der Waals surface area contributed by atoms with E-state index < -0.39 is 0 Å². The molecule has 1 saturated carbocycles. The Morgan fingerprint density at radius 3 is 2.76 bits per heavy atom. The third-order valence-corrected chi connectivity index (χ3v) is 4.67. The molecule has 1 atom stereocenters. The first kappa shape index (κ1) is 16.5. The summed E-state index contributed by atoms with van der Waals surface area (Å²) in [4.78, 5) is 0. The summed E-state index contributed by atoms with van der Waals surface area (Å²) in [5.74, 6) is 0.945. The van der Waals surface area contributed by atoms with Crippen molar-refractivity contribution in [2.75, 3.05) is 6.54 Å². The van der Waals surface area contributed by atoms with Crippen LogP contribution in [0, 0.1) is 5.92 Å². The van der Waals surface area contributed by atoms with Crippen LogP contribution in [-0.2, 0) is 6.54 Å². The molecule has 2 rings (SSSR count). The zero-order chi connectivity index (χ0) is 14.9. The van der Waals surface area contributed by atoms with Crippen molar-refractivity contribution in [3.05, 3.63) is 11.9 Å². The highest BCUT2D eigenvalue weighted by atomic mass is 15.4. The van der Waals surface area contributed by atoms with E-state index in [1.807, 2.05) is 6.20 Å². The lowest BCUT2D eigenvalue weighted by molar-refractivity contribution is 0.309. The van der Waals surface area contributed by atoms with Gasteiger partial charge in [-0.15, -0.1) is 5.10 Å². The molecule has 120 valence electrons. The van der Waals surface area contributed by atoms with Crippen LogP contribution in [0.1, 0.15) is 83.4 Å². The summed E-state index contributed by atoms with van der Waals surface area (Å²) in [6, 6.07) is 0.424. The molecule has 0 aromatic carbocycles. The van der Waals surface area contributed by atoms with Gasteiger partial charge >= 0.3 is 0 Å². The summed E-state index contributed by atoms with van der Waals surface area (Å²) < 4.78 is 2.09. The summed E-state index contributed by atoms with van der Waals surface area (Å²) in [7, 11) is 0. The van der Waals surface area contributed by atoms with Crippen LogP contribution in [0.15, 0.2) is 6.20 Å². The van der Waals surface area contributed by atoms with Crippen LogP contribution in [0.4, 0.5) is 0 Å². The largest absolute Gasteiger partial charge is 0.309 e. The Kier molecular flexibility index (Phi) is 7.20. The van der Waals surface area contributed by atoms with Crippen LogP contribution < -0.4 is 5.32 Å². The second-order valence-electron chi connectivity index (χ2n) is 6.47. The highest BCUT2D eigenvalue weighted by Crippen LogP contribution is 2.30. The molecule has 1 heterocycles. The first-order chi connectivity index (χ1) is 10.3. The monoisotopic (exact) mass is 292 g/mol. The van der Waals surface area contributed by atoms with Crippen molar-refractivity contribution in [1.29, 1.82) is 0 Å². The van der Waals surface area contributed by atoms with Crippen LogP contribution >= 0.6 is 0 Å². The fourth-order valence-corrected chi connectivity index (χ4v) is 3.47. The molecule has 1 unspecified atom stereocenters. The van der Waals surface area contributed by atoms with Crippen LogP contribution in [0.3, 0.4) is 0 Å². The van der Waals surface area contributed by atoms with Gasteiger partial charge in [0.25, 0.3) is 0 Å². The molecule has 1 aliphatic carbocycles. The number of aryl methyl sites for hydroxylation is 1. The van der Waals surface area contributed by atoms with Crippen LogP contribution in [0.5, 0.6) is 0 Å². The molecule has 0 saturated heterocycles. The van der Waals surface area contributed by atoms with Crippen molar-refractivity contribution >= 4 is 0 Å². The Morgan fingerprint density at radius 1 is 1.24 bits per heavy atom. The average Bonchev–Trinajstić information content (AvgIpc) is 2.97. The fourth-order valence-electron chi connectivity index (χ4n) is 3.47. The highest BCUT2D eigenvalue weighted by molar-refractivity contribution is 5.02. The lowest BCUT2D eigenvalue weighted by Gasteiger charge is -2.25. The SMILES string of the molecule is CCCNC(CCC1CCCCC1)c1cnnn1CCC. The van der Waals surface area contributed by atoms with E-state index in [1.54, 1.807) is 0 Å². The van der Waals surface area contributed by atoms with E-state index in [1.165, 1.54) is 57.1 Å². The maximum atomic E-state index is 4.26. The van der Waals surface area contributed by atoms with Crippen molar-refractivity contribution < 1.29 is 0 Å². The molecular weight excluding hydrogens is 260 g/mol. The van der Waals surface area contributed by atoms with Crippen molar-refractivity contribution in [2.45, 2.75) is 84.2 Å². The van der Waals surface area contributed by atoms with Gasteiger partial charge in [-0.25, -0.2) is 4.68 Å². The molecule has 0 bridgehead atoms. The predicted molar refractivity (Wildman–Crippen MR) is 87.2 cm³/mol.